The molecule has 0 saturated heterocycles. The van der Waals surface area contributed by atoms with E-state index in [-0.39, 0.29) is 10.8 Å². The molecular formula is C20H25ClN2O4S. The molecule has 2 rings (SSSR count). The van der Waals surface area contributed by atoms with E-state index in [0.717, 1.165) is 0 Å². The molecule has 0 fully saturated rings. The van der Waals surface area contributed by atoms with Crippen LogP contribution in [0.1, 0.15) is 27.2 Å². The summed E-state index contributed by atoms with van der Waals surface area (Å²) < 4.78 is 32.1. The van der Waals surface area contributed by atoms with Gasteiger partial charge in [-0.1, -0.05) is 32.4 Å². The number of ether oxygens (including phenoxy) is 1. The standard InChI is InChI=1S/C20H25ClN2O4S/c1-4-19(27-17-11-7-15(21)8-12-17)20(24)22-16-9-13-18(14-10-16)28(25,26)23(5-2)6-3/h7-14,19H,4-6H2,1-3H3,(H,22,24)/t19-/m1/s1. The number of amides is 1. The summed E-state index contributed by atoms with van der Waals surface area (Å²) in [5, 5.41) is 3.35. The minimum Gasteiger partial charge on any atom is -0.481 e. The molecule has 6 nitrogen and oxygen atoms in total. The maximum atomic E-state index is 12.5. The number of nitrogens with zero attached hydrogens (tertiary/aromatic N) is 1. The summed E-state index contributed by atoms with van der Waals surface area (Å²) in [4.78, 5) is 12.7. The number of hydrogen-bond donors (Lipinski definition) is 1. The van der Waals surface area contributed by atoms with Gasteiger partial charge < -0.3 is 10.1 Å². The average molecular weight is 425 g/mol. The molecule has 152 valence electrons. The maximum absolute atomic E-state index is 12.5. The summed E-state index contributed by atoms with van der Waals surface area (Å²) in [6.45, 7) is 6.23. The van der Waals surface area contributed by atoms with Crippen LogP contribution in [0, 0.1) is 0 Å². The maximum Gasteiger partial charge on any atom is 0.265 e. The van der Waals surface area contributed by atoms with Crippen molar-refractivity contribution in [1.29, 1.82) is 0 Å². The Morgan fingerprint density at radius 1 is 1.04 bits per heavy atom. The van der Waals surface area contributed by atoms with Gasteiger partial charge >= 0.3 is 0 Å². The monoisotopic (exact) mass is 424 g/mol. The van der Waals surface area contributed by atoms with Gasteiger partial charge in [-0.05, 0) is 55.0 Å². The van der Waals surface area contributed by atoms with Gasteiger partial charge in [-0.3, -0.25) is 4.79 Å². The SMILES string of the molecule is CC[C@@H](Oc1ccc(Cl)cc1)C(=O)Nc1ccc(S(=O)(=O)N(CC)CC)cc1. The highest BCUT2D eigenvalue weighted by Crippen LogP contribution is 2.20. The molecule has 0 spiro atoms. The molecule has 0 radical (unpaired) electrons. The van der Waals surface area contributed by atoms with Crippen LogP contribution in [0.5, 0.6) is 5.75 Å². The third kappa shape index (κ3) is 5.47. The lowest BCUT2D eigenvalue weighted by Crippen LogP contribution is -2.32. The lowest BCUT2D eigenvalue weighted by molar-refractivity contribution is -0.122. The molecule has 0 saturated carbocycles. The van der Waals surface area contributed by atoms with Crippen LogP contribution < -0.4 is 10.1 Å². The van der Waals surface area contributed by atoms with Crippen LogP contribution in [0.3, 0.4) is 0 Å². The molecule has 0 aliphatic rings. The predicted molar refractivity (Wildman–Crippen MR) is 111 cm³/mol. The largest absolute Gasteiger partial charge is 0.481 e. The van der Waals surface area contributed by atoms with Gasteiger partial charge in [-0.2, -0.15) is 4.31 Å². The topological polar surface area (TPSA) is 75.7 Å². The number of carbonyl (C=O) groups is 1. The molecule has 0 unspecified atom stereocenters. The van der Waals surface area contributed by atoms with Crippen LogP contribution in [-0.4, -0.2) is 37.8 Å². The van der Waals surface area contributed by atoms with Gasteiger partial charge in [0.2, 0.25) is 10.0 Å². The molecule has 0 aromatic heterocycles. The van der Waals surface area contributed by atoms with Crippen LogP contribution in [0.25, 0.3) is 0 Å². The first-order valence-electron chi connectivity index (χ1n) is 9.15. The van der Waals surface area contributed by atoms with E-state index in [2.05, 4.69) is 5.32 Å². The van der Waals surface area contributed by atoms with E-state index in [1.54, 1.807) is 50.2 Å². The van der Waals surface area contributed by atoms with Crippen LogP contribution in [0.15, 0.2) is 53.4 Å². The zero-order valence-corrected chi connectivity index (χ0v) is 17.8. The molecular weight excluding hydrogens is 400 g/mol. The fourth-order valence-corrected chi connectivity index (χ4v) is 4.23. The Balaban J connectivity index is 2.07. The summed E-state index contributed by atoms with van der Waals surface area (Å²) in [6, 6.07) is 12.9. The number of sulfonamides is 1. The highest BCUT2D eigenvalue weighted by molar-refractivity contribution is 7.89. The number of benzene rings is 2. The van der Waals surface area contributed by atoms with E-state index >= 15 is 0 Å². The van der Waals surface area contributed by atoms with Crippen molar-refractivity contribution in [2.75, 3.05) is 18.4 Å². The van der Waals surface area contributed by atoms with Crippen molar-refractivity contribution in [2.24, 2.45) is 0 Å². The van der Waals surface area contributed by atoms with Crippen LogP contribution in [0.2, 0.25) is 5.02 Å². The Bertz CT molecular complexity index is 879. The third-order valence-electron chi connectivity index (χ3n) is 4.22. The Labute approximate surface area is 171 Å². The second-order valence-electron chi connectivity index (χ2n) is 6.07. The Hall–Kier alpha value is -2.09. The van der Waals surface area contributed by atoms with Crippen molar-refractivity contribution >= 4 is 33.2 Å². The zero-order valence-electron chi connectivity index (χ0n) is 16.2. The number of anilines is 1. The van der Waals surface area contributed by atoms with Crippen LogP contribution >= 0.6 is 11.6 Å². The molecule has 0 aliphatic heterocycles. The van der Waals surface area contributed by atoms with Gasteiger partial charge in [0.15, 0.2) is 6.10 Å². The molecule has 2 aromatic rings. The molecule has 0 heterocycles. The van der Waals surface area contributed by atoms with Crippen molar-refractivity contribution in [3.63, 3.8) is 0 Å². The van der Waals surface area contributed by atoms with E-state index in [1.807, 2.05) is 6.92 Å². The second kappa shape index (κ2) is 9.91. The minimum absolute atomic E-state index is 0.193. The van der Waals surface area contributed by atoms with Gasteiger partial charge in [0, 0.05) is 23.8 Å². The van der Waals surface area contributed by atoms with E-state index < -0.39 is 16.1 Å². The van der Waals surface area contributed by atoms with Gasteiger partial charge in [0.1, 0.15) is 5.75 Å². The Morgan fingerprint density at radius 3 is 2.11 bits per heavy atom. The summed E-state index contributed by atoms with van der Waals surface area (Å²) in [6.07, 6.45) is -0.205. The molecule has 1 atom stereocenters. The van der Waals surface area contributed by atoms with Gasteiger partial charge in [-0.15, -0.1) is 0 Å². The predicted octanol–water partition coefficient (Wildman–Crippen LogP) is 4.17. The van der Waals surface area contributed by atoms with E-state index in [9.17, 15) is 13.2 Å². The van der Waals surface area contributed by atoms with Crippen molar-refractivity contribution in [2.45, 2.75) is 38.2 Å². The number of rotatable bonds is 9. The molecule has 1 amide bonds. The molecule has 1 N–H and O–H groups in total. The van der Waals surface area contributed by atoms with Gasteiger partial charge in [0.05, 0.1) is 4.90 Å². The first-order valence-corrected chi connectivity index (χ1v) is 11.0. The lowest BCUT2D eigenvalue weighted by Gasteiger charge is -2.19. The highest BCUT2D eigenvalue weighted by Gasteiger charge is 2.22. The summed E-state index contributed by atoms with van der Waals surface area (Å²) in [5.74, 6) is 0.240. The molecule has 0 aliphatic carbocycles. The van der Waals surface area contributed by atoms with Gasteiger partial charge in [0.25, 0.3) is 5.91 Å². The fourth-order valence-electron chi connectivity index (χ4n) is 2.65. The molecule has 8 heteroatoms. The first kappa shape index (κ1) is 22.2. The van der Waals surface area contributed by atoms with Crippen molar-refractivity contribution < 1.29 is 17.9 Å². The van der Waals surface area contributed by atoms with E-state index in [4.69, 9.17) is 16.3 Å². The zero-order chi connectivity index (χ0) is 20.7. The number of nitrogens with one attached hydrogen (secondary N) is 1. The lowest BCUT2D eigenvalue weighted by atomic mass is 10.2. The highest BCUT2D eigenvalue weighted by atomic mass is 35.5. The van der Waals surface area contributed by atoms with Gasteiger partial charge in [-0.25, -0.2) is 8.42 Å². The Morgan fingerprint density at radius 2 is 1.61 bits per heavy atom. The van der Waals surface area contributed by atoms with Crippen LogP contribution in [0.4, 0.5) is 5.69 Å². The molecule has 0 bridgehead atoms. The third-order valence-corrected chi connectivity index (χ3v) is 6.54. The number of hydrogen-bond acceptors (Lipinski definition) is 4. The fraction of sp³-hybridized carbons (Fsp3) is 0.350. The summed E-state index contributed by atoms with van der Waals surface area (Å²) in [7, 11) is -3.53. The number of carbonyl (C=O) groups excluding carboxylic acids is 1. The molecule has 28 heavy (non-hydrogen) atoms. The van der Waals surface area contributed by atoms with Crippen molar-refractivity contribution in [3.8, 4) is 5.75 Å². The molecule has 2 aromatic carbocycles. The smallest absolute Gasteiger partial charge is 0.265 e. The Kier molecular flexibility index (Phi) is 7.86. The van der Waals surface area contributed by atoms with Crippen molar-refractivity contribution in [3.05, 3.63) is 53.6 Å². The average Bonchev–Trinajstić information content (AvgIpc) is 2.68. The van der Waals surface area contributed by atoms with E-state index in [1.165, 1.54) is 16.4 Å². The quantitative estimate of drug-likeness (QED) is 0.655. The summed E-state index contributed by atoms with van der Waals surface area (Å²) >= 11 is 5.85. The minimum atomic E-state index is -3.53. The van der Waals surface area contributed by atoms with E-state index in [0.29, 0.717) is 36.0 Å². The first-order chi connectivity index (χ1) is 13.3. The second-order valence-corrected chi connectivity index (χ2v) is 8.45. The normalized spacial score (nSPS) is 12.6. The number of halogens is 1. The van der Waals surface area contributed by atoms with Crippen molar-refractivity contribution in [1.82, 2.24) is 4.31 Å². The van der Waals surface area contributed by atoms with Crippen LogP contribution in [-0.2, 0) is 14.8 Å². The summed E-state index contributed by atoms with van der Waals surface area (Å²) in [5.41, 5.74) is 0.502.